The number of aryl methyl sites for hydroxylation is 1. The van der Waals surface area contributed by atoms with Gasteiger partial charge in [0.15, 0.2) is 5.69 Å². The SMILES string of the molecule is CCOc1ccc(N=Nc2c(C)[nH]n(-c3nc(-c4ccccc4)cs3)c2=O)cc1. The summed E-state index contributed by atoms with van der Waals surface area (Å²) in [4.78, 5) is 17.4. The fourth-order valence-electron chi connectivity index (χ4n) is 2.78. The Balaban J connectivity index is 1.60. The summed E-state index contributed by atoms with van der Waals surface area (Å²) in [5.74, 6) is 0.768. The molecule has 146 valence electrons. The van der Waals surface area contributed by atoms with Gasteiger partial charge in [-0.15, -0.1) is 16.5 Å². The first-order valence-corrected chi connectivity index (χ1v) is 10.0. The molecule has 0 aliphatic rings. The van der Waals surface area contributed by atoms with Gasteiger partial charge < -0.3 is 4.74 Å². The molecule has 8 heteroatoms. The maximum absolute atomic E-state index is 12.8. The van der Waals surface area contributed by atoms with Gasteiger partial charge in [0.05, 0.1) is 23.7 Å². The third-order valence-corrected chi connectivity index (χ3v) is 5.03. The van der Waals surface area contributed by atoms with Crippen molar-refractivity contribution in [1.82, 2.24) is 14.8 Å². The third kappa shape index (κ3) is 4.02. The number of thiazole rings is 1. The average Bonchev–Trinajstić information content (AvgIpc) is 3.34. The number of nitrogens with zero attached hydrogens (tertiary/aromatic N) is 4. The zero-order valence-corrected chi connectivity index (χ0v) is 16.8. The van der Waals surface area contributed by atoms with Gasteiger partial charge in [0.25, 0.3) is 0 Å². The molecule has 2 aromatic carbocycles. The Morgan fingerprint density at radius 3 is 2.59 bits per heavy atom. The summed E-state index contributed by atoms with van der Waals surface area (Å²) in [7, 11) is 0. The van der Waals surface area contributed by atoms with Crippen LogP contribution < -0.4 is 10.3 Å². The van der Waals surface area contributed by atoms with Gasteiger partial charge in [-0.25, -0.2) is 4.98 Å². The highest BCUT2D eigenvalue weighted by Crippen LogP contribution is 2.25. The normalized spacial score (nSPS) is 11.2. The molecule has 2 heterocycles. The lowest BCUT2D eigenvalue weighted by Gasteiger charge is -2.01. The lowest BCUT2D eigenvalue weighted by atomic mass is 10.2. The van der Waals surface area contributed by atoms with Gasteiger partial charge in [0.1, 0.15) is 5.75 Å². The van der Waals surface area contributed by atoms with Crippen molar-refractivity contribution in [3.63, 3.8) is 0 Å². The predicted octanol–water partition coefficient (Wildman–Crippen LogP) is 5.41. The summed E-state index contributed by atoms with van der Waals surface area (Å²) in [6.45, 7) is 4.32. The standard InChI is InChI=1S/C21H19N5O2S/c1-3-28-17-11-9-16(10-12-17)23-24-19-14(2)25-26(20(19)27)21-22-18(13-29-21)15-7-5-4-6-8-15/h4-13,25H,3H2,1-2H3. The number of hydrogen-bond donors (Lipinski definition) is 1. The first kappa shape index (κ1) is 18.8. The van der Waals surface area contributed by atoms with Crippen molar-refractivity contribution in [2.24, 2.45) is 10.2 Å². The van der Waals surface area contributed by atoms with Crippen LogP contribution in [0.3, 0.4) is 0 Å². The highest BCUT2D eigenvalue weighted by Gasteiger charge is 2.15. The van der Waals surface area contributed by atoms with Gasteiger partial charge in [-0.1, -0.05) is 30.3 Å². The van der Waals surface area contributed by atoms with Gasteiger partial charge in [-0.05, 0) is 38.1 Å². The Labute approximate surface area is 171 Å². The van der Waals surface area contributed by atoms with E-state index in [1.54, 1.807) is 19.1 Å². The van der Waals surface area contributed by atoms with Crippen LogP contribution in [0.15, 0.2) is 75.0 Å². The fraction of sp³-hybridized carbons (Fsp3) is 0.143. The monoisotopic (exact) mass is 405 g/mol. The maximum atomic E-state index is 12.8. The van der Waals surface area contributed by atoms with Crippen LogP contribution in [0.25, 0.3) is 16.4 Å². The molecule has 4 aromatic rings. The van der Waals surface area contributed by atoms with Gasteiger partial charge in [-0.2, -0.15) is 9.80 Å². The molecule has 0 radical (unpaired) electrons. The highest BCUT2D eigenvalue weighted by atomic mass is 32.1. The number of aromatic nitrogens is 3. The zero-order valence-electron chi connectivity index (χ0n) is 16.0. The van der Waals surface area contributed by atoms with Crippen molar-refractivity contribution < 1.29 is 4.74 Å². The van der Waals surface area contributed by atoms with Crippen LogP contribution in [-0.4, -0.2) is 21.4 Å². The molecule has 0 aliphatic heterocycles. The second-order valence-corrected chi connectivity index (χ2v) is 7.07. The number of benzene rings is 2. The molecule has 0 aliphatic carbocycles. The van der Waals surface area contributed by atoms with E-state index < -0.39 is 0 Å². The third-order valence-electron chi connectivity index (χ3n) is 4.21. The molecular weight excluding hydrogens is 386 g/mol. The van der Waals surface area contributed by atoms with E-state index in [2.05, 4.69) is 20.3 Å². The Morgan fingerprint density at radius 1 is 1.10 bits per heavy atom. The number of ether oxygens (including phenoxy) is 1. The van der Waals surface area contributed by atoms with Crippen LogP contribution in [0.4, 0.5) is 11.4 Å². The topological polar surface area (TPSA) is 84.6 Å². The minimum absolute atomic E-state index is 0.260. The molecule has 7 nitrogen and oxygen atoms in total. The summed E-state index contributed by atoms with van der Waals surface area (Å²) >= 11 is 1.39. The molecule has 4 rings (SSSR count). The Kier molecular flexibility index (Phi) is 5.35. The first-order valence-electron chi connectivity index (χ1n) is 9.13. The van der Waals surface area contributed by atoms with E-state index >= 15 is 0 Å². The first-order chi connectivity index (χ1) is 14.2. The number of H-pyrrole nitrogens is 1. The molecule has 2 aromatic heterocycles. The predicted molar refractivity (Wildman–Crippen MR) is 114 cm³/mol. The van der Waals surface area contributed by atoms with E-state index in [1.807, 2.05) is 54.8 Å². The fourth-order valence-corrected chi connectivity index (χ4v) is 3.57. The number of aromatic amines is 1. The van der Waals surface area contributed by atoms with Crippen LogP contribution in [0.2, 0.25) is 0 Å². The lowest BCUT2D eigenvalue weighted by molar-refractivity contribution is 0.340. The molecule has 29 heavy (non-hydrogen) atoms. The van der Waals surface area contributed by atoms with E-state index in [1.165, 1.54) is 16.0 Å². The van der Waals surface area contributed by atoms with Crippen molar-refractivity contribution in [3.05, 3.63) is 76.0 Å². The number of hydrogen-bond acceptors (Lipinski definition) is 6. The van der Waals surface area contributed by atoms with E-state index in [0.717, 1.165) is 17.0 Å². The van der Waals surface area contributed by atoms with Gasteiger partial charge in [-0.3, -0.25) is 9.89 Å². The maximum Gasteiger partial charge on any atom is 0.301 e. The Hall–Kier alpha value is -3.52. The summed E-state index contributed by atoms with van der Waals surface area (Å²) in [6.07, 6.45) is 0. The van der Waals surface area contributed by atoms with Crippen LogP contribution in [0.1, 0.15) is 12.6 Å². The van der Waals surface area contributed by atoms with Crippen LogP contribution in [-0.2, 0) is 0 Å². The summed E-state index contributed by atoms with van der Waals surface area (Å²) in [5.41, 5.74) is 3.06. The molecule has 0 saturated carbocycles. The van der Waals surface area contributed by atoms with Crippen molar-refractivity contribution in [3.8, 4) is 22.1 Å². The van der Waals surface area contributed by atoms with E-state index in [4.69, 9.17) is 4.74 Å². The van der Waals surface area contributed by atoms with E-state index in [0.29, 0.717) is 23.1 Å². The van der Waals surface area contributed by atoms with Crippen molar-refractivity contribution >= 4 is 22.7 Å². The molecule has 0 bridgehead atoms. The molecular formula is C21H19N5O2S. The molecule has 0 spiro atoms. The van der Waals surface area contributed by atoms with Crippen LogP contribution in [0, 0.1) is 6.92 Å². The number of nitrogens with one attached hydrogen (secondary N) is 1. The smallest absolute Gasteiger partial charge is 0.301 e. The summed E-state index contributed by atoms with van der Waals surface area (Å²) < 4.78 is 6.81. The van der Waals surface area contributed by atoms with E-state index in [9.17, 15) is 4.79 Å². The number of azo groups is 1. The zero-order chi connectivity index (χ0) is 20.2. The average molecular weight is 405 g/mol. The molecule has 0 fully saturated rings. The quantitative estimate of drug-likeness (QED) is 0.435. The second-order valence-electron chi connectivity index (χ2n) is 6.23. The molecule has 0 unspecified atom stereocenters. The Morgan fingerprint density at radius 2 is 1.86 bits per heavy atom. The van der Waals surface area contributed by atoms with Crippen molar-refractivity contribution in [2.45, 2.75) is 13.8 Å². The summed E-state index contributed by atoms with van der Waals surface area (Å²) in [5, 5.41) is 13.9. The lowest BCUT2D eigenvalue weighted by Crippen LogP contribution is -2.13. The van der Waals surface area contributed by atoms with Crippen molar-refractivity contribution in [2.75, 3.05) is 6.61 Å². The molecule has 0 amide bonds. The van der Waals surface area contributed by atoms with Gasteiger partial charge in [0.2, 0.25) is 5.13 Å². The highest BCUT2D eigenvalue weighted by molar-refractivity contribution is 7.12. The van der Waals surface area contributed by atoms with Crippen LogP contribution in [0.5, 0.6) is 5.75 Å². The van der Waals surface area contributed by atoms with Gasteiger partial charge in [0, 0.05) is 10.9 Å². The van der Waals surface area contributed by atoms with Crippen LogP contribution >= 0.6 is 11.3 Å². The van der Waals surface area contributed by atoms with E-state index in [-0.39, 0.29) is 11.2 Å². The molecule has 0 atom stereocenters. The minimum atomic E-state index is -0.286. The van der Waals surface area contributed by atoms with Gasteiger partial charge >= 0.3 is 5.56 Å². The Bertz CT molecular complexity index is 1190. The molecule has 1 N–H and O–H groups in total. The van der Waals surface area contributed by atoms with Crippen molar-refractivity contribution in [1.29, 1.82) is 0 Å². The largest absolute Gasteiger partial charge is 0.494 e. The number of rotatable bonds is 6. The molecule has 0 saturated heterocycles. The second kappa shape index (κ2) is 8.24. The summed E-state index contributed by atoms with van der Waals surface area (Å²) in [6, 6.07) is 17.1. The minimum Gasteiger partial charge on any atom is -0.494 e.